The van der Waals surface area contributed by atoms with Crippen LogP contribution in [0.1, 0.15) is 38.1 Å². The first-order valence-electron chi connectivity index (χ1n) is 6.77. The Morgan fingerprint density at radius 2 is 1.90 bits per heavy atom. The minimum absolute atomic E-state index is 0.0343. The van der Waals surface area contributed by atoms with E-state index in [0.29, 0.717) is 17.5 Å². The van der Waals surface area contributed by atoms with Crippen LogP contribution < -0.4 is 4.90 Å². The summed E-state index contributed by atoms with van der Waals surface area (Å²) in [5.41, 5.74) is 0.810. The van der Waals surface area contributed by atoms with E-state index in [1.165, 1.54) is 0 Å². The van der Waals surface area contributed by atoms with E-state index in [-0.39, 0.29) is 18.4 Å². The van der Waals surface area contributed by atoms with Crippen molar-refractivity contribution in [1.29, 1.82) is 0 Å². The predicted molar refractivity (Wildman–Crippen MR) is 82.4 cm³/mol. The minimum Gasteiger partial charge on any atom is -0.347 e. The van der Waals surface area contributed by atoms with Gasteiger partial charge in [-0.3, -0.25) is 4.79 Å². The first kappa shape index (κ1) is 16.7. The number of rotatable bonds is 5. The van der Waals surface area contributed by atoms with Crippen LogP contribution in [0, 0.1) is 6.92 Å². The molecule has 20 heavy (non-hydrogen) atoms. The summed E-state index contributed by atoms with van der Waals surface area (Å²) in [4.78, 5) is 24.3. The number of hydrogen-bond acceptors (Lipinski definition) is 4. The van der Waals surface area contributed by atoms with Crippen LogP contribution in [-0.2, 0) is 4.79 Å². The van der Waals surface area contributed by atoms with Gasteiger partial charge in [0.25, 0.3) is 0 Å². The van der Waals surface area contributed by atoms with Gasteiger partial charge in [-0.2, -0.15) is 0 Å². The number of amides is 1. The van der Waals surface area contributed by atoms with E-state index in [0.717, 1.165) is 11.4 Å². The summed E-state index contributed by atoms with van der Waals surface area (Å²) in [5.74, 6) is 1.67. The van der Waals surface area contributed by atoms with Gasteiger partial charge in [-0.1, -0.05) is 25.4 Å². The van der Waals surface area contributed by atoms with Crippen LogP contribution in [0.25, 0.3) is 0 Å². The minimum atomic E-state index is 0.0343. The van der Waals surface area contributed by atoms with Crippen molar-refractivity contribution >= 4 is 23.3 Å². The van der Waals surface area contributed by atoms with Gasteiger partial charge < -0.3 is 9.80 Å². The summed E-state index contributed by atoms with van der Waals surface area (Å²) in [6.45, 7) is 8.89. The van der Waals surface area contributed by atoms with Gasteiger partial charge in [0.15, 0.2) is 0 Å². The molecule has 0 bridgehead atoms. The lowest BCUT2D eigenvalue weighted by molar-refractivity contribution is -0.127. The zero-order chi connectivity index (χ0) is 15.4. The van der Waals surface area contributed by atoms with Crippen LogP contribution >= 0.6 is 11.6 Å². The molecule has 0 aromatic carbocycles. The molecule has 1 amide bonds. The highest BCUT2D eigenvalue weighted by Crippen LogP contribution is 2.25. The van der Waals surface area contributed by atoms with Crippen LogP contribution in [0.5, 0.6) is 0 Å². The lowest BCUT2D eigenvalue weighted by atomic mass is 10.2. The van der Waals surface area contributed by atoms with E-state index in [1.54, 1.807) is 19.0 Å². The Morgan fingerprint density at radius 3 is 2.35 bits per heavy atom. The number of hydrogen-bond donors (Lipinski definition) is 0. The first-order chi connectivity index (χ1) is 9.27. The van der Waals surface area contributed by atoms with E-state index in [4.69, 9.17) is 11.6 Å². The molecule has 1 aromatic heterocycles. The van der Waals surface area contributed by atoms with Gasteiger partial charge in [-0.05, 0) is 13.8 Å². The quantitative estimate of drug-likeness (QED) is 0.784. The van der Waals surface area contributed by atoms with Crippen LogP contribution in [0.15, 0.2) is 0 Å². The summed E-state index contributed by atoms with van der Waals surface area (Å²) in [6.07, 6.45) is 0. The monoisotopic (exact) mass is 298 g/mol. The molecule has 0 saturated carbocycles. The van der Waals surface area contributed by atoms with Crippen LogP contribution in [-0.4, -0.2) is 48.0 Å². The molecule has 112 valence electrons. The van der Waals surface area contributed by atoms with E-state index in [9.17, 15) is 4.79 Å². The molecule has 1 aromatic rings. The number of carbonyl (C=O) groups is 1. The van der Waals surface area contributed by atoms with Crippen molar-refractivity contribution in [3.05, 3.63) is 16.5 Å². The van der Waals surface area contributed by atoms with Crippen LogP contribution in [0.2, 0.25) is 5.15 Å². The Hall–Kier alpha value is -1.36. The van der Waals surface area contributed by atoms with Gasteiger partial charge in [-0.15, -0.1) is 0 Å². The molecule has 5 nitrogen and oxygen atoms in total. The van der Waals surface area contributed by atoms with Gasteiger partial charge in [-0.25, -0.2) is 9.97 Å². The lowest BCUT2D eigenvalue weighted by Crippen LogP contribution is -2.37. The van der Waals surface area contributed by atoms with Crippen LogP contribution in [0.4, 0.5) is 5.82 Å². The third-order valence-corrected chi connectivity index (χ3v) is 3.47. The number of halogens is 1. The molecular weight excluding hydrogens is 276 g/mol. The molecular formula is C14H23ClN4O. The van der Waals surface area contributed by atoms with E-state index < -0.39 is 0 Å². The fourth-order valence-electron chi connectivity index (χ4n) is 1.70. The van der Waals surface area contributed by atoms with Gasteiger partial charge in [0, 0.05) is 32.1 Å². The number of likely N-dealkylation sites (N-methyl/N-ethyl adjacent to an activating group) is 2. The van der Waals surface area contributed by atoms with Crippen molar-refractivity contribution < 1.29 is 4.79 Å². The summed E-state index contributed by atoms with van der Waals surface area (Å²) in [7, 11) is 3.49. The molecule has 0 fully saturated rings. The van der Waals surface area contributed by atoms with E-state index in [1.807, 2.05) is 32.6 Å². The number of anilines is 1. The summed E-state index contributed by atoms with van der Waals surface area (Å²) >= 11 is 6.19. The fraction of sp³-hybridized carbons (Fsp3) is 0.643. The standard InChI is InChI=1S/C14H23ClN4O/c1-7-19(8-11(20)18(5)6)14-10(4)12(15)16-13(17-14)9(2)3/h9H,7-8H2,1-6H3. The average Bonchev–Trinajstić information content (AvgIpc) is 2.38. The van der Waals surface area contributed by atoms with Gasteiger partial charge in [0.1, 0.15) is 16.8 Å². The molecule has 0 unspecified atom stereocenters. The zero-order valence-corrected chi connectivity index (χ0v) is 13.8. The molecule has 0 radical (unpaired) electrons. The number of aromatic nitrogens is 2. The highest BCUT2D eigenvalue weighted by molar-refractivity contribution is 6.30. The second kappa shape index (κ2) is 6.88. The maximum Gasteiger partial charge on any atom is 0.241 e. The molecule has 6 heteroatoms. The second-order valence-corrected chi connectivity index (χ2v) is 5.64. The molecule has 0 aliphatic carbocycles. The molecule has 0 spiro atoms. The Morgan fingerprint density at radius 1 is 1.30 bits per heavy atom. The maximum absolute atomic E-state index is 11.9. The van der Waals surface area contributed by atoms with Crippen molar-refractivity contribution in [3.8, 4) is 0 Å². The third kappa shape index (κ3) is 3.82. The van der Waals surface area contributed by atoms with E-state index >= 15 is 0 Å². The molecule has 0 atom stereocenters. The SMILES string of the molecule is CCN(CC(=O)N(C)C)c1nc(C(C)C)nc(Cl)c1C. The average molecular weight is 299 g/mol. The summed E-state index contributed by atoms with van der Waals surface area (Å²) in [5, 5.41) is 0.453. The molecule has 0 N–H and O–H groups in total. The molecule has 0 saturated heterocycles. The number of carbonyl (C=O) groups excluding carboxylic acids is 1. The normalized spacial score (nSPS) is 10.8. The Balaban J connectivity index is 3.17. The maximum atomic E-state index is 11.9. The van der Waals surface area contributed by atoms with Gasteiger partial charge >= 0.3 is 0 Å². The molecule has 0 aliphatic rings. The third-order valence-electron chi connectivity index (χ3n) is 3.10. The highest BCUT2D eigenvalue weighted by Gasteiger charge is 2.19. The largest absolute Gasteiger partial charge is 0.347 e. The zero-order valence-electron chi connectivity index (χ0n) is 13.1. The predicted octanol–water partition coefficient (Wildman–Crippen LogP) is 2.48. The Bertz CT molecular complexity index is 488. The lowest BCUT2D eigenvalue weighted by Gasteiger charge is -2.25. The summed E-state index contributed by atoms with van der Waals surface area (Å²) < 4.78 is 0. The van der Waals surface area contributed by atoms with Gasteiger partial charge in [0.2, 0.25) is 5.91 Å². The molecule has 0 aliphatic heterocycles. The Kier molecular flexibility index (Phi) is 5.74. The molecule has 1 rings (SSSR count). The summed E-state index contributed by atoms with van der Waals surface area (Å²) in [6, 6.07) is 0. The molecule has 1 heterocycles. The smallest absolute Gasteiger partial charge is 0.241 e. The van der Waals surface area contributed by atoms with Crippen molar-refractivity contribution in [2.24, 2.45) is 0 Å². The van der Waals surface area contributed by atoms with Crippen molar-refractivity contribution in [1.82, 2.24) is 14.9 Å². The second-order valence-electron chi connectivity index (χ2n) is 5.28. The van der Waals surface area contributed by atoms with Gasteiger partial charge in [0.05, 0.1) is 6.54 Å². The topological polar surface area (TPSA) is 49.3 Å². The number of nitrogens with zero attached hydrogens (tertiary/aromatic N) is 4. The van der Waals surface area contributed by atoms with Crippen molar-refractivity contribution in [2.75, 3.05) is 32.1 Å². The van der Waals surface area contributed by atoms with E-state index in [2.05, 4.69) is 9.97 Å². The fourth-order valence-corrected chi connectivity index (χ4v) is 1.87. The first-order valence-corrected chi connectivity index (χ1v) is 7.14. The Labute approximate surface area is 126 Å². The van der Waals surface area contributed by atoms with Crippen molar-refractivity contribution in [3.63, 3.8) is 0 Å². The van der Waals surface area contributed by atoms with Crippen LogP contribution in [0.3, 0.4) is 0 Å². The highest BCUT2D eigenvalue weighted by atomic mass is 35.5. The van der Waals surface area contributed by atoms with Crippen molar-refractivity contribution in [2.45, 2.75) is 33.6 Å².